The van der Waals surface area contributed by atoms with Crippen LogP contribution >= 0.6 is 0 Å². The molecule has 1 aromatic carbocycles. The molecule has 1 atom stereocenters. The summed E-state index contributed by atoms with van der Waals surface area (Å²) in [5.74, 6) is -0.00256. The normalized spacial score (nSPS) is 12.1. The third-order valence-electron chi connectivity index (χ3n) is 4.91. The van der Waals surface area contributed by atoms with E-state index in [1.165, 1.54) is 12.1 Å². The number of rotatable bonds is 6. The summed E-state index contributed by atoms with van der Waals surface area (Å²) in [6.45, 7) is 4.05. The summed E-state index contributed by atoms with van der Waals surface area (Å²) >= 11 is 0. The van der Waals surface area contributed by atoms with Crippen LogP contribution in [0.4, 0.5) is 4.39 Å². The number of benzene rings is 1. The quantitative estimate of drug-likeness (QED) is 0.523. The molecule has 6 heteroatoms. The van der Waals surface area contributed by atoms with Gasteiger partial charge in [-0.2, -0.15) is 5.10 Å². The molecule has 4 rings (SSSR count). The SMILES string of the molecule is Cc1cnc(Cc2cc(-c3cn[nH]c3)cc(C[C@@H](C)c3ccc(F)cc3)n2)cn1. The molecule has 0 aliphatic rings. The lowest BCUT2D eigenvalue weighted by atomic mass is 9.94. The van der Waals surface area contributed by atoms with Gasteiger partial charge in [0.2, 0.25) is 0 Å². The van der Waals surface area contributed by atoms with E-state index in [4.69, 9.17) is 4.98 Å². The van der Waals surface area contributed by atoms with Crippen molar-refractivity contribution < 1.29 is 4.39 Å². The molecule has 29 heavy (non-hydrogen) atoms. The zero-order valence-electron chi connectivity index (χ0n) is 16.4. The van der Waals surface area contributed by atoms with Gasteiger partial charge in [-0.3, -0.25) is 20.1 Å². The van der Waals surface area contributed by atoms with Crippen LogP contribution in [0.3, 0.4) is 0 Å². The van der Waals surface area contributed by atoms with Crippen LogP contribution in [0.25, 0.3) is 11.1 Å². The van der Waals surface area contributed by atoms with Crippen molar-refractivity contribution in [3.05, 3.63) is 95.3 Å². The number of hydrogen-bond donors (Lipinski definition) is 1. The third kappa shape index (κ3) is 4.71. The van der Waals surface area contributed by atoms with E-state index in [1.807, 2.05) is 25.3 Å². The van der Waals surface area contributed by atoms with Gasteiger partial charge in [0.05, 0.1) is 17.6 Å². The molecule has 146 valence electrons. The van der Waals surface area contributed by atoms with Crippen molar-refractivity contribution >= 4 is 0 Å². The van der Waals surface area contributed by atoms with Crippen LogP contribution in [0.15, 0.2) is 61.2 Å². The van der Waals surface area contributed by atoms with E-state index < -0.39 is 0 Å². The molecular weight excluding hydrogens is 365 g/mol. The van der Waals surface area contributed by atoms with E-state index in [0.29, 0.717) is 6.42 Å². The minimum Gasteiger partial charge on any atom is -0.285 e. The zero-order chi connectivity index (χ0) is 20.2. The van der Waals surface area contributed by atoms with Gasteiger partial charge in [-0.05, 0) is 54.7 Å². The average Bonchev–Trinajstić information content (AvgIpc) is 3.25. The summed E-state index contributed by atoms with van der Waals surface area (Å²) in [6, 6.07) is 10.8. The van der Waals surface area contributed by atoms with Gasteiger partial charge in [0.25, 0.3) is 0 Å². The molecule has 0 fully saturated rings. The van der Waals surface area contributed by atoms with Crippen molar-refractivity contribution in [1.82, 2.24) is 25.1 Å². The number of pyridine rings is 1. The van der Waals surface area contributed by atoms with Gasteiger partial charge in [0.15, 0.2) is 0 Å². The number of aryl methyl sites for hydroxylation is 1. The molecule has 0 spiro atoms. The fourth-order valence-corrected chi connectivity index (χ4v) is 3.34. The van der Waals surface area contributed by atoms with Gasteiger partial charge in [-0.15, -0.1) is 0 Å². The van der Waals surface area contributed by atoms with Crippen molar-refractivity contribution in [2.45, 2.75) is 32.6 Å². The van der Waals surface area contributed by atoms with E-state index >= 15 is 0 Å². The van der Waals surface area contributed by atoms with Crippen LogP contribution in [-0.4, -0.2) is 25.1 Å². The Morgan fingerprint density at radius 3 is 2.41 bits per heavy atom. The molecule has 0 saturated heterocycles. The number of aromatic amines is 1. The van der Waals surface area contributed by atoms with E-state index in [-0.39, 0.29) is 11.7 Å². The van der Waals surface area contributed by atoms with Gasteiger partial charge < -0.3 is 0 Å². The summed E-state index contributed by atoms with van der Waals surface area (Å²) in [4.78, 5) is 13.7. The van der Waals surface area contributed by atoms with Gasteiger partial charge >= 0.3 is 0 Å². The van der Waals surface area contributed by atoms with Crippen molar-refractivity contribution in [3.63, 3.8) is 0 Å². The number of nitrogens with zero attached hydrogens (tertiary/aromatic N) is 4. The largest absolute Gasteiger partial charge is 0.285 e. The summed E-state index contributed by atoms with van der Waals surface area (Å²) < 4.78 is 13.2. The van der Waals surface area contributed by atoms with E-state index in [9.17, 15) is 4.39 Å². The lowest BCUT2D eigenvalue weighted by molar-refractivity contribution is 0.625. The minimum atomic E-state index is -0.220. The molecule has 0 amide bonds. The second kappa shape index (κ2) is 8.31. The van der Waals surface area contributed by atoms with E-state index in [1.54, 1.807) is 18.6 Å². The standard InChI is InChI=1S/C23H22FN5/c1-15(17-3-5-20(24)6-4-17)7-21-8-18(19-12-27-28-13-19)9-22(29-21)10-23-14-25-16(2)11-26-23/h3-6,8-9,11-15H,7,10H2,1-2H3,(H,27,28)/t15-/m1/s1. The highest BCUT2D eigenvalue weighted by atomic mass is 19.1. The Labute approximate surface area is 169 Å². The number of hydrogen-bond acceptors (Lipinski definition) is 4. The molecule has 0 saturated carbocycles. The predicted octanol–water partition coefficient (Wildman–Crippen LogP) is 4.65. The van der Waals surface area contributed by atoms with Crippen molar-refractivity contribution in [1.29, 1.82) is 0 Å². The first-order chi connectivity index (χ1) is 14.1. The fourth-order valence-electron chi connectivity index (χ4n) is 3.34. The van der Waals surface area contributed by atoms with Gasteiger partial charge in [-0.25, -0.2) is 4.39 Å². The molecule has 1 N–H and O–H groups in total. The van der Waals surface area contributed by atoms with Gasteiger partial charge in [-0.1, -0.05) is 19.1 Å². The molecule has 0 aliphatic carbocycles. The highest BCUT2D eigenvalue weighted by Crippen LogP contribution is 2.25. The Kier molecular flexibility index (Phi) is 5.42. The number of nitrogens with one attached hydrogen (secondary N) is 1. The molecule has 5 nitrogen and oxygen atoms in total. The molecule has 4 aromatic rings. The van der Waals surface area contributed by atoms with Crippen LogP contribution < -0.4 is 0 Å². The summed E-state index contributed by atoms with van der Waals surface area (Å²) in [7, 11) is 0. The molecule has 0 radical (unpaired) electrons. The monoisotopic (exact) mass is 387 g/mol. The first-order valence-corrected chi connectivity index (χ1v) is 9.59. The number of halogens is 1. The van der Waals surface area contributed by atoms with Crippen LogP contribution in [0, 0.1) is 12.7 Å². The highest BCUT2D eigenvalue weighted by molar-refractivity contribution is 5.62. The van der Waals surface area contributed by atoms with Crippen molar-refractivity contribution in [3.8, 4) is 11.1 Å². The molecule has 0 aliphatic heterocycles. The maximum absolute atomic E-state index is 13.2. The predicted molar refractivity (Wildman–Crippen MR) is 110 cm³/mol. The topological polar surface area (TPSA) is 67.3 Å². The Morgan fingerprint density at radius 1 is 0.931 bits per heavy atom. The third-order valence-corrected chi connectivity index (χ3v) is 4.91. The van der Waals surface area contributed by atoms with Crippen molar-refractivity contribution in [2.24, 2.45) is 0 Å². The molecule has 0 unspecified atom stereocenters. The van der Waals surface area contributed by atoms with Crippen LogP contribution in [0.1, 0.15) is 41.2 Å². The molecule has 3 aromatic heterocycles. The van der Waals surface area contributed by atoms with Crippen LogP contribution in [-0.2, 0) is 12.8 Å². The number of aromatic nitrogens is 5. The Bertz CT molecular complexity index is 1070. The lowest BCUT2D eigenvalue weighted by Gasteiger charge is -2.14. The second-order valence-electron chi connectivity index (χ2n) is 7.31. The maximum atomic E-state index is 13.2. The minimum absolute atomic E-state index is 0.217. The molecular formula is C23H22FN5. The Hall–Kier alpha value is -3.41. The average molecular weight is 387 g/mol. The maximum Gasteiger partial charge on any atom is 0.123 e. The number of H-pyrrole nitrogens is 1. The summed E-state index contributed by atoms with van der Waals surface area (Å²) in [5.41, 5.74) is 6.85. The van der Waals surface area contributed by atoms with Crippen LogP contribution in [0.5, 0.6) is 0 Å². The zero-order valence-corrected chi connectivity index (χ0v) is 16.4. The molecule has 3 heterocycles. The summed E-state index contributed by atoms with van der Waals surface area (Å²) in [6.07, 6.45) is 8.60. The fraction of sp³-hybridized carbons (Fsp3) is 0.217. The van der Waals surface area contributed by atoms with Crippen LogP contribution in [0.2, 0.25) is 0 Å². The Balaban J connectivity index is 1.64. The molecule has 0 bridgehead atoms. The van der Waals surface area contributed by atoms with E-state index in [0.717, 1.165) is 45.9 Å². The van der Waals surface area contributed by atoms with Crippen molar-refractivity contribution in [2.75, 3.05) is 0 Å². The van der Waals surface area contributed by atoms with E-state index in [2.05, 4.69) is 39.2 Å². The first kappa shape index (κ1) is 18.9. The first-order valence-electron chi connectivity index (χ1n) is 9.59. The smallest absolute Gasteiger partial charge is 0.123 e. The van der Waals surface area contributed by atoms with Gasteiger partial charge in [0, 0.05) is 42.0 Å². The second-order valence-corrected chi connectivity index (χ2v) is 7.31. The lowest BCUT2D eigenvalue weighted by Crippen LogP contribution is -2.04. The Morgan fingerprint density at radius 2 is 1.72 bits per heavy atom. The summed E-state index contributed by atoms with van der Waals surface area (Å²) in [5, 5.41) is 6.93. The van der Waals surface area contributed by atoms with Gasteiger partial charge in [0.1, 0.15) is 5.82 Å². The highest BCUT2D eigenvalue weighted by Gasteiger charge is 2.12.